The van der Waals surface area contributed by atoms with Gasteiger partial charge in [0, 0.05) is 27.5 Å². The quantitative estimate of drug-likeness (QED) is 0.230. The first kappa shape index (κ1) is 23.3. The molecule has 41 heavy (non-hydrogen) atoms. The fourth-order valence-corrected chi connectivity index (χ4v) is 5.39. The van der Waals surface area contributed by atoms with Gasteiger partial charge in [0.2, 0.25) is 0 Å². The van der Waals surface area contributed by atoms with Gasteiger partial charge in [0.1, 0.15) is 11.2 Å². The van der Waals surface area contributed by atoms with Gasteiger partial charge in [-0.05, 0) is 46.2 Å². The van der Waals surface area contributed by atoms with Crippen LogP contribution in [0.2, 0.25) is 0 Å². The lowest BCUT2D eigenvalue weighted by Crippen LogP contribution is -2.00. The molecule has 2 heterocycles. The van der Waals surface area contributed by atoms with Gasteiger partial charge < -0.3 is 4.42 Å². The zero-order chi connectivity index (χ0) is 27.2. The smallest absolute Gasteiger partial charge is 0.164 e. The van der Waals surface area contributed by atoms with Gasteiger partial charge in [-0.25, -0.2) is 15.0 Å². The fourth-order valence-electron chi connectivity index (χ4n) is 5.39. The molecule has 4 nitrogen and oxygen atoms in total. The van der Waals surface area contributed by atoms with Crippen molar-refractivity contribution in [3.8, 4) is 45.3 Å². The highest BCUT2D eigenvalue weighted by Crippen LogP contribution is 2.35. The highest BCUT2D eigenvalue weighted by atomic mass is 16.3. The Hall–Kier alpha value is -5.61. The average molecular weight is 526 g/mol. The summed E-state index contributed by atoms with van der Waals surface area (Å²) in [5, 5.41) is 4.53. The lowest BCUT2D eigenvalue weighted by Gasteiger charge is -2.09. The number of furan rings is 1. The largest absolute Gasteiger partial charge is 0.456 e. The van der Waals surface area contributed by atoms with Crippen molar-refractivity contribution in [3.63, 3.8) is 0 Å². The molecular formula is C37H23N3O. The first-order chi connectivity index (χ1) is 20.3. The summed E-state index contributed by atoms with van der Waals surface area (Å²) in [5.41, 5.74) is 6.75. The molecule has 0 aliphatic carbocycles. The molecule has 0 spiro atoms. The number of aromatic nitrogens is 3. The van der Waals surface area contributed by atoms with E-state index >= 15 is 0 Å². The van der Waals surface area contributed by atoms with Crippen molar-refractivity contribution in [2.75, 3.05) is 0 Å². The highest BCUT2D eigenvalue weighted by molar-refractivity contribution is 6.10. The van der Waals surface area contributed by atoms with Crippen LogP contribution in [0.25, 0.3) is 78.0 Å². The second kappa shape index (κ2) is 9.54. The topological polar surface area (TPSA) is 51.8 Å². The van der Waals surface area contributed by atoms with Gasteiger partial charge in [0.15, 0.2) is 17.5 Å². The van der Waals surface area contributed by atoms with Crippen LogP contribution in [-0.4, -0.2) is 15.0 Å². The van der Waals surface area contributed by atoms with Crippen LogP contribution in [0.3, 0.4) is 0 Å². The molecule has 0 fully saturated rings. The van der Waals surface area contributed by atoms with E-state index in [2.05, 4.69) is 91.0 Å². The maximum absolute atomic E-state index is 6.34. The molecule has 0 aliphatic heterocycles. The third-order valence-corrected chi connectivity index (χ3v) is 7.52. The molecule has 4 heteroatoms. The molecule has 192 valence electrons. The molecule has 0 aliphatic rings. The van der Waals surface area contributed by atoms with Crippen molar-refractivity contribution in [2.45, 2.75) is 0 Å². The summed E-state index contributed by atoms with van der Waals surface area (Å²) in [7, 11) is 0. The Morgan fingerprint density at radius 2 is 0.805 bits per heavy atom. The summed E-state index contributed by atoms with van der Waals surface area (Å²) in [5.74, 6) is 1.87. The van der Waals surface area contributed by atoms with E-state index < -0.39 is 0 Å². The molecule has 8 aromatic rings. The first-order valence-electron chi connectivity index (χ1n) is 13.6. The zero-order valence-corrected chi connectivity index (χ0v) is 22.0. The minimum Gasteiger partial charge on any atom is -0.456 e. The summed E-state index contributed by atoms with van der Waals surface area (Å²) >= 11 is 0. The summed E-state index contributed by atoms with van der Waals surface area (Å²) in [6, 6.07) is 47.6. The van der Waals surface area contributed by atoms with E-state index in [1.807, 2.05) is 48.5 Å². The normalized spacial score (nSPS) is 11.4. The SMILES string of the molecule is c1ccc(-c2ccc(-c3nc(-c4ccccc4)nc(-c4ccc5c(c4)oc4cc6ccccc6cc45)n3)cc2)cc1. The lowest BCUT2D eigenvalue weighted by atomic mass is 10.0. The van der Waals surface area contributed by atoms with Crippen molar-refractivity contribution >= 4 is 32.7 Å². The molecule has 0 N–H and O–H groups in total. The summed E-state index contributed by atoms with van der Waals surface area (Å²) in [6.07, 6.45) is 0. The third kappa shape index (κ3) is 4.23. The Morgan fingerprint density at radius 1 is 0.341 bits per heavy atom. The van der Waals surface area contributed by atoms with Crippen LogP contribution >= 0.6 is 0 Å². The molecule has 6 aromatic carbocycles. The van der Waals surface area contributed by atoms with Crippen LogP contribution in [0.1, 0.15) is 0 Å². The Kier molecular flexibility index (Phi) is 5.42. The van der Waals surface area contributed by atoms with Crippen molar-refractivity contribution in [2.24, 2.45) is 0 Å². The van der Waals surface area contributed by atoms with Gasteiger partial charge in [-0.3, -0.25) is 0 Å². The highest BCUT2D eigenvalue weighted by Gasteiger charge is 2.15. The van der Waals surface area contributed by atoms with Crippen LogP contribution in [-0.2, 0) is 0 Å². The molecular weight excluding hydrogens is 502 g/mol. The third-order valence-electron chi connectivity index (χ3n) is 7.52. The molecule has 0 saturated carbocycles. The van der Waals surface area contributed by atoms with Crippen LogP contribution in [0.4, 0.5) is 0 Å². The predicted octanol–water partition coefficient (Wildman–Crippen LogP) is 9.59. The van der Waals surface area contributed by atoms with Gasteiger partial charge in [-0.1, -0.05) is 115 Å². The van der Waals surface area contributed by atoms with Crippen LogP contribution in [0.15, 0.2) is 144 Å². The minimum absolute atomic E-state index is 0.605. The van der Waals surface area contributed by atoms with Crippen molar-refractivity contribution in [3.05, 3.63) is 140 Å². The Balaban J connectivity index is 1.26. The molecule has 0 radical (unpaired) electrons. The Bertz CT molecular complexity index is 2180. The molecule has 8 rings (SSSR count). The van der Waals surface area contributed by atoms with Gasteiger partial charge in [-0.2, -0.15) is 0 Å². The lowest BCUT2D eigenvalue weighted by molar-refractivity contribution is 0.669. The van der Waals surface area contributed by atoms with Crippen molar-refractivity contribution in [1.29, 1.82) is 0 Å². The molecule has 0 unspecified atom stereocenters. The van der Waals surface area contributed by atoms with Gasteiger partial charge >= 0.3 is 0 Å². The van der Waals surface area contributed by atoms with E-state index in [0.29, 0.717) is 17.5 Å². The van der Waals surface area contributed by atoms with E-state index in [1.54, 1.807) is 0 Å². The van der Waals surface area contributed by atoms with Crippen molar-refractivity contribution in [1.82, 2.24) is 15.0 Å². The van der Waals surface area contributed by atoms with Crippen LogP contribution in [0.5, 0.6) is 0 Å². The monoisotopic (exact) mass is 525 g/mol. The Labute approximate surface area is 236 Å². The van der Waals surface area contributed by atoms with E-state index in [1.165, 1.54) is 10.9 Å². The predicted molar refractivity (Wildman–Crippen MR) is 166 cm³/mol. The zero-order valence-electron chi connectivity index (χ0n) is 22.0. The van der Waals surface area contributed by atoms with Crippen molar-refractivity contribution < 1.29 is 4.42 Å². The van der Waals surface area contributed by atoms with E-state index in [9.17, 15) is 0 Å². The fraction of sp³-hybridized carbons (Fsp3) is 0. The molecule has 0 atom stereocenters. The average Bonchev–Trinajstić information content (AvgIpc) is 3.41. The first-order valence-corrected chi connectivity index (χ1v) is 13.6. The van der Waals surface area contributed by atoms with E-state index in [0.717, 1.165) is 49.6 Å². The summed E-state index contributed by atoms with van der Waals surface area (Å²) < 4.78 is 6.34. The second-order valence-electron chi connectivity index (χ2n) is 10.1. The van der Waals surface area contributed by atoms with Crippen LogP contribution < -0.4 is 0 Å². The number of rotatable bonds is 4. The number of fused-ring (bicyclic) bond motifs is 4. The van der Waals surface area contributed by atoms with Gasteiger partial charge in [-0.15, -0.1) is 0 Å². The molecule has 0 saturated heterocycles. The number of hydrogen-bond donors (Lipinski definition) is 0. The maximum Gasteiger partial charge on any atom is 0.164 e. The number of benzene rings is 6. The Morgan fingerprint density at radius 3 is 1.49 bits per heavy atom. The summed E-state index contributed by atoms with van der Waals surface area (Å²) in [4.78, 5) is 14.7. The van der Waals surface area contributed by atoms with Gasteiger partial charge in [0.05, 0.1) is 0 Å². The number of nitrogens with zero attached hydrogens (tertiary/aromatic N) is 3. The minimum atomic E-state index is 0.605. The molecule has 2 aromatic heterocycles. The standard InChI is InChI=1S/C37H23N3O/c1-3-9-24(10-4-1)25-15-17-27(18-16-25)36-38-35(26-11-5-2-6-12-26)39-37(40-36)30-19-20-31-32-21-28-13-7-8-14-29(28)22-34(32)41-33(31)23-30/h1-23H. The van der Waals surface area contributed by atoms with Crippen LogP contribution in [0, 0.1) is 0 Å². The van der Waals surface area contributed by atoms with E-state index in [-0.39, 0.29) is 0 Å². The maximum atomic E-state index is 6.34. The van der Waals surface area contributed by atoms with Gasteiger partial charge in [0.25, 0.3) is 0 Å². The number of hydrogen-bond acceptors (Lipinski definition) is 4. The molecule has 0 amide bonds. The van der Waals surface area contributed by atoms with E-state index in [4.69, 9.17) is 19.4 Å². The summed E-state index contributed by atoms with van der Waals surface area (Å²) in [6.45, 7) is 0. The second-order valence-corrected chi connectivity index (χ2v) is 10.1. The molecule has 0 bridgehead atoms.